The number of rotatable bonds is 5. The first-order valence-corrected chi connectivity index (χ1v) is 6.22. The third kappa shape index (κ3) is 2.38. The number of hydrogen-bond donors (Lipinski definition) is 1. The Hall–Kier alpha value is -1.02. The highest BCUT2D eigenvalue weighted by atomic mass is 16.5. The molecule has 2 rings (SSSR count). The SMILES string of the molecule is CCOc1cccc(C2CCC2CNC)c1. The molecule has 0 aromatic heterocycles. The molecule has 0 heterocycles. The third-order valence-electron chi connectivity index (χ3n) is 3.48. The molecule has 1 aromatic rings. The average Bonchev–Trinajstić information content (AvgIpc) is 2.25. The van der Waals surface area contributed by atoms with Crippen molar-refractivity contribution in [3.05, 3.63) is 29.8 Å². The second kappa shape index (κ2) is 5.35. The molecule has 0 radical (unpaired) electrons. The Balaban J connectivity index is 2.05. The summed E-state index contributed by atoms with van der Waals surface area (Å²) in [6, 6.07) is 8.58. The van der Waals surface area contributed by atoms with Crippen molar-refractivity contribution in [2.75, 3.05) is 20.2 Å². The van der Waals surface area contributed by atoms with Crippen molar-refractivity contribution < 1.29 is 4.74 Å². The molecule has 0 amide bonds. The molecule has 0 spiro atoms. The molecule has 2 nitrogen and oxygen atoms in total. The van der Waals surface area contributed by atoms with Crippen molar-refractivity contribution in [1.82, 2.24) is 5.32 Å². The van der Waals surface area contributed by atoms with E-state index in [0.29, 0.717) is 0 Å². The van der Waals surface area contributed by atoms with Crippen LogP contribution >= 0.6 is 0 Å². The monoisotopic (exact) mass is 219 g/mol. The van der Waals surface area contributed by atoms with Crippen LogP contribution in [0.4, 0.5) is 0 Å². The highest BCUT2D eigenvalue weighted by Gasteiger charge is 2.31. The van der Waals surface area contributed by atoms with Crippen LogP contribution in [0, 0.1) is 5.92 Å². The quantitative estimate of drug-likeness (QED) is 0.822. The topological polar surface area (TPSA) is 21.3 Å². The van der Waals surface area contributed by atoms with E-state index in [4.69, 9.17) is 4.74 Å². The molecule has 0 saturated heterocycles. The zero-order valence-corrected chi connectivity index (χ0v) is 10.2. The molecule has 0 bridgehead atoms. The fourth-order valence-corrected chi connectivity index (χ4v) is 2.52. The van der Waals surface area contributed by atoms with Gasteiger partial charge in [-0.2, -0.15) is 0 Å². The Morgan fingerprint density at radius 3 is 2.88 bits per heavy atom. The molecule has 0 aliphatic heterocycles. The molecule has 16 heavy (non-hydrogen) atoms. The van der Waals surface area contributed by atoms with Crippen molar-refractivity contribution in [3.8, 4) is 5.75 Å². The summed E-state index contributed by atoms with van der Waals surface area (Å²) in [5, 5.41) is 3.28. The lowest BCUT2D eigenvalue weighted by Crippen LogP contribution is -2.32. The minimum absolute atomic E-state index is 0.729. The third-order valence-corrected chi connectivity index (χ3v) is 3.48. The first-order chi connectivity index (χ1) is 7.85. The fourth-order valence-electron chi connectivity index (χ4n) is 2.52. The highest BCUT2D eigenvalue weighted by molar-refractivity contribution is 5.32. The van der Waals surface area contributed by atoms with Crippen LogP contribution in [0.2, 0.25) is 0 Å². The van der Waals surface area contributed by atoms with Crippen molar-refractivity contribution in [2.24, 2.45) is 5.92 Å². The summed E-state index contributed by atoms with van der Waals surface area (Å²) in [6.07, 6.45) is 2.67. The lowest BCUT2D eigenvalue weighted by molar-refractivity contribution is 0.249. The predicted molar refractivity (Wildman–Crippen MR) is 67.0 cm³/mol. The maximum Gasteiger partial charge on any atom is 0.119 e. The summed E-state index contributed by atoms with van der Waals surface area (Å²) in [6.45, 7) is 3.90. The molecule has 1 saturated carbocycles. The Bertz CT molecular complexity index is 337. The second-order valence-electron chi connectivity index (χ2n) is 4.51. The fraction of sp³-hybridized carbons (Fsp3) is 0.571. The summed E-state index contributed by atoms with van der Waals surface area (Å²) < 4.78 is 5.54. The van der Waals surface area contributed by atoms with Gasteiger partial charge in [0.05, 0.1) is 6.61 Å². The minimum Gasteiger partial charge on any atom is -0.494 e. The van der Waals surface area contributed by atoms with Crippen LogP contribution in [0.1, 0.15) is 31.2 Å². The van der Waals surface area contributed by atoms with E-state index in [1.54, 1.807) is 0 Å². The van der Waals surface area contributed by atoms with E-state index in [1.165, 1.54) is 18.4 Å². The van der Waals surface area contributed by atoms with Crippen LogP contribution in [0.5, 0.6) is 5.75 Å². The molecular formula is C14H21NO. The highest BCUT2D eigenvalue weighted by Crippen LogP contribution is 2.42. The van der Waals surface area contributed by atoms with Gasteiger partial charge < -0.3 is 10.1 Å². The Morgan fingerprint density at radius 1 is 1.38 bits per heavy atom. The van der Waals surface area contributed by atoms with Gasteiger partial charge in [-0.1, -0.05) is 12.1 Å². The van der Waals surface area contributed by atoms with Gasteiger partial charge in [-0.05, 0) is 62.9 Å². The molecule has 88 valence electrons. The number of nitrogens with one attached hydrogen (secondary N) is 1. The Morgan fingerprint density at radius 2 is 2.25 bits per heavy atom. The number of ether oxygens (including phenoxy) is 1. The van der Waals surface area contributed by atoms with E-state index < -0.39 is 0 Å². The van der Waals surface area contributed by atoms with Gasteiger partial charge in [0.15, 0.2) is 0 Å². The molecule has 2 heteroatoms. The van der Waals surface area contributed by atoms with Crippen LogP contribution in [0.25, 0.3) is 0 Å². The van der Waals surface area contributed by atoms with Crippen molar-refractivity contribution >= 4 is 0 Å². The minimum atomic E-state index is 0.729. The lowest BCUT2D eigenvalue weighted by atomic mass is 9.70. The zero-order chi connectivity index (χ0) is 11.4. The van der Waals surface area contributed by atoms with Gasteiger partial charge in [-0.3, -0.25) is 0 Å². The van der Waals surface area contributed by atoms with E-state index in [1.807, 2.05) is 20.0 Å². The molecule has 1 aliphatic rings. The van der Waals surface area contributed by atoms with Gasteiger partial charge in [0.1, 0.15) is 5.75 Å². The van der Waals surface area contributed by atoms with E-state index in [2.05, 4.69) is 23.5 Å². The van der Waals surface area contributed by atoms with Gasteiger partial charge in [0, 0.05) is 0 Å². The second-order valence-corrected chi connectivity index (χ2v) is 4.51. The van der Waals surface area contributed by atoms with Crippen molar-refractivity contribution in [2.45, 2.75) is 25.7 Å². The van der Waals surface area contributed by atoms with Crippen molar-refractivity contribution in [1.29, 1.82) is 0 Å². The van der Waals surface area contributed by atoms with Crippen LogP contribution < -0.4 is 10.1 Å². The number of benzene rings is 1. The summed E-state index contributed by atoms with van der Waals surface area (Å²) in [7, 11) is 2.03. The van der Waals surface area contributed by atoms with Crippen LogP contribution in [-0.4, -0.2) is 20.2 Å². The van der Waals surface area contributed by atoms with E-state index >= 15 is 0 Å². The van der Waals surface area contributed by atoms with Gasteiger partial charge in [0.25, 0.3) is 0 Å². The maximum atomic E-state index is 5.54. The van der Waals surface area contributed by atoms with E-state index in [0.717, 1.165) is 30.7 Å². The predicted octanol–water partition coefficient (Wildman–Crippen LogP) is 2.80. The molecule has 2 atom stereocenters. The normalized spacial score (nSPS) is 23.9. The van der Waals surface area contributed by atoms with Crippen LogP contribution in [-0.2, 0) is 0 Å². The van der Waals surface area contributed by atoms with Gasteiger partial charge in [-0.15, -0.1) is 0 Å². The lowest BCUT2D eigenvalue weighted by Gasteiger charge is -2.37. The standard InChI is InChI=1S/C14H21NO/c1-3-16-13-6-4-5-11(9-13)14-8-7-12(14)10-15-2/h4-6,9,12,14-15H,3,7-8,10H2,1-2H3. The largest absolute Gasteiger partial charge is 0.494 e. The van der Waals surface area contributed by atoms with Gasteiger partial charge in [-0.25, -0.2) is 0 Å². The summed E-state index contributed by atoms with van der Waals surface area (Å²) in [5.74, 6) is 2.55. The van der Waals surface area contributed by atoms with Gasteiger partial charge >= 0.3 is 0 Å². The molecule has 1 aliphatic carbocycles. The molecule has 1 aromatic carbocycles. The summed E-state index contributed by atoms with van der Waals surface area (Å²) in [5.41, 5.74) is 1.44. The molecule has 1 N–H and O–H groups in total. The smallest absolute Gasteiger partial charge is 0.119 e. The summed E-state index contributed by atoms with van der Waals surface area (Å²) in [4.78, 5) is 0. The average molecular weight is 219 g/mol. The Kier molecular flexibility index (Phi) is 3.83. The van der Waals surface area contributed by atoms with Gasteiger partial charge in [0.2, 0.25) is 0 Å². The molecule has 1 fully saturated rings. The summed E-state index contributed by atoms with van der Waals surface area (Å²) >= 11 is 0. The maximum absolute atomic E-state index is 5.54. The number of hydrogen-bond acceptors (Lipinski definition) is 2. The van der Waals surface area contributed by atoms with Crippen LogP contribution in [0.15, 0.2) is 24.3 Å². The van der Waals surface area contributed by atoms with Crippen molar-refractivity contribution in [3.63, 3.8) is 0 Å². The van der Waals surface area contributed by atoms with E-state index in [-0.39, 0.29) is 0 Å². The first kappa shape index (κ1) is 11.5. The first-order valence-electron chi connectivity index (χ1n) is 6.22. The van der Waals surface area contributed by atoms with E-state index in [9.17, 15) is 0 Å². The molecule has 2 unspecified atom stereocenters. The Labute approximate surface area is 98.0 Å². The zero-order valence-electron chi connectivity index (χ0n) is 10.2. The van der Waals surface area contributed by atoms with Crippen LogP contribution in [0.3, 0.4) is 0 Å². The molecular weight excluding hydrogens is 198 g/mol.